The molecule has 0 radical (unpaired) electrons. The van der Waals surface area contributed by atoms with Crippen molar-refractivity contribution in [1.29, 1.82) is 0 Å². The number of amides is 1. The van der Waals surface area contributed by atoms with Crippen LogP contribution in [0.1, 0.15) is 46.9 Å². The molecule has 0 atom stereocenters. The van der Waals surface area contributed by atoms with Crippen LogP contribution in [0.25, 0.3) is 0 Å². The van der Waals surface area contributed by atoms with E-state index in [0.717, 1.165) is 56.8 Å². The molecule has 1 fully saturated rings. The number of imidazole rings is 1. The van der Waals surface area contributed by atoms with Crippen molar-refractivity contribution in [3.63, 3.8) is 0 Å². The molecule has 3 rings (SSSR count). The van der Waals surface area contributed by atoms with Gasteiger partial charge in [0, 0.05) is 43.5 Å². The van der Waals surface area contributed by atoms with Gasteiger partial charge in [-0.3, -0.25) is 4.79 Å². The SMILES string of the molecule is Cc1ccc(C(=O)N2CCC(c3nccn3CCCN(C)C)CC2)cc1O. The molecule has 1 aliphatic rings. The summed E-state index contributed by atoms with van der Waals surface area (Å²) in [6.07, 6.45) is 6.91. The molecule has 146 valence electrons. The van der Waals surface area contributed by atoms with Crippen LogP contribution in [-0.4, -0.2) is 64.1 Å². The highest BCUT2D eigenvalue weighted by Gasteiger charge is 2.27. The normalized spacial score (nSPS) is 15.5. The number of likely N-dealkylation sites (tertiary alicyclic amines) is 1. The number of piperidine rings is 1. The maximum Gasteiger partial charge on any atom is 0.253 e. The van der Waals surface area contributed by atoms with Crippen LogP contribution in [-0.2, 0) is 6.54 Å². The first-order valence-corrected chi connectivity index (χ1v) is 9.70. The van der Waals surface area contributed by atoms with E-state index in [0.29, 0.717) is 11.5 Å². The Morgan fingerprint density at radius 2 is 2.04 bits per heavy atom. The Hall–Kier alpha value is -2.34. The molecule has 0 spiro atoms. The number of nitrogens with zero attached hydrogens (tertiary/aromatic N) is 4. The van der Waals surface area contributed by atoms with Gasteiger partial charge >= 0.3 is 0 Å². The third kappa shape index (κ3) is 4.69. The minimum Gasteiger partial charge on any atom is -0.508 e. The molecule has 6 heteroatoms. The van der Waals surface area contributed by atoms with E-state index in [2.05, 4.69) is 34.7 Å². The fourth-order valence-corrected chi connectivity index (χ4v) is 3.69. The van der Waals surface area contributed by atoms with Crippen molar-refractivity contribution in [2.75, 3.05) is 33.7 Å². The molecule has 1 amide bonds. The number of benzene rings is 1. The van der Waals surface area contributed by atoms with E-state index in [-0.39, 0.29) is 11.7 Å². The van der Waals surface area contributed by atoms with Gasteiger partial charge in [-0.25, -0.2) is 4.98 Å². The van der Waals surface area contributed by atoms with Crippen molar-refractivity contribution < 1.29 is 9.90 Å². The lowest BCUT2D eigenvalue weighted by molar-refractivity contribution is 0.0710. The second-order valence-electron chi connectivity index (χ2n) is 7.70. The van der Waals surface area contributed by atoms with Crippen LogP contribution in [0.3, 0.4) is 0 Å². The molecule has 0 unspecified atom stereocenters. The van der Waals surface area contributed by atoms with Crippen LogP contribution >= 0.6 is 0 Å². The Morgan fingerprint density at radius 3 is 2.70 bits per heavy atom. The molecule has 2 heterocycles. The summed E-state index contributed by atoms with van der Waals surface area (Å²) in [5, 5.41) is 9.87. The molecular formula is C21H30N4O2. The maximum absolute atomic E-state index is 12.7. The van der Waals surface area contributed by atoms with E-state index in [1.54, 1.807) is 18.2 Å². The molecule has 1 aromatic carbocycles. The highest BCUT2D eigenvalue weighted by atomic mass is 16.3. The molecule has 0 bridgehead atoms. The molecule has 6 nitrogen and oxygen atoms in total. The van der Waals surface area contributed by atoms with E-state index in [1.165, 1.54) is 0 Å². The molecular weight excluding hydrogens is 340 g/mol. The van der Waals surface area contributed by atoms with Gasteiger partial charge in [-0.05, 0) is 64.5 Å². The van der Waals surface area contributed by atoms with Gasteiger partial charge in [0.2, 0.25) is 0 Å². The van der Waals surface area contributed by atoms with E-state index in [9.17, 15) is 9.90 Å². The van der Waals surface area contributed by atoms with E-state index in [4.69, 9.17) is 0 Å². The molecule has 1 aliphatic heterocycles. The zero-order valence-corrected chi connectivity index (χ0v) is 16.6. The number of aromatic nitrogens is 2. The minimum atomic E-state index is -0.00178. The van der Waals surface area contributed by atoms with Crippen LogP contribution in [0, 0.1) is 6.92 Å². The zero-order chi connectivity index (χ0) is 19.4. The number of rotatable bonds is 6. The van der Waals surface area contributed by atoms with Crippen molar-refractivity contribution in [3.05, 3.63) is 47.5 Å². The van der Waals surface area contributed by atoms with Crippen molar-refractivity contribution in [3.8, 4) is 5.75 Å². The van der Waals surface area contributed by atoms with Crippen molar-refractivity contribution in [2.45, 2.75) is 38.6 Å². The van der Waals surface area contributed by atoms with Gasteiger partial charge in [-0.2, -0.15) is 0 Å². The van der Waals surface area contributed by atoms with Gasteiger partial charge in [-0.15, -0.1) is 0 Å². The largest absolute Gasteiger partial charge is 0.508 e. The Kier molecular flexibility index (Phi) is 6.16. The van der Waals surface area contributed by atoms with Crippen molar-refractivity contribution >= 4 is 5.91 Å². The lowest BCUT2D eigenvalue weighted by Crippen LogP contribution is -2.38. The second-order valence-corrected chi connectivity index (χ2v) is 7.70. The number of phenols is 1. The van der Waals surface area contributed by atoms with Crippen LogP contribution < -0.4 is 0 Å². The van der Waals surface area contributed by atoms with Crippen LogP contribution in [0.2, 0.25) is 0 Å². The van der Waals surface area contributed by atoms with E-state index < -0.39 is 0 Å². The Morgan fingerprint density at radius 1 is 1.30 bits per heavy atom. The summed E-state index contributed by atoms with van der Waals surface area (Å²) >= 11 is 0. The fourth-order valence-electron chi connectivity index (χ4n) is 3.69. The number of aryl methyl sites for hydroxylation is 2. The lowest BCUT2D eigenvalue weighted by Gasteiger charge is -2.32. The average molecular weight is 370 g/mol. The van der Waals surface area contributed by atoms with Gasteiger partial charge in [0.1, 0.15) is 11.6 Å². The van der Waals surface area contributed by atoms with Gasteiger partial charge < -0.3 is 19.5 Å². The van der Waals surface area contributed by atoms with Crippen LogP contribution in [0.15, 0.2) is 30.6 Å². The third-order valence-corrected chi connectivity index (χ3v) is 5.36. The molecule has 1 N–H and O–H groups in total. The van der Waals surface area contributed by atoms with Gasteiger partial charge in [-0.1, -0.05) is 6.07 Å². The standard InChI is InChI=1S/C21H30N4O2/c1-16-5-6-18(15-19(16)26)21(27)25-12-7-17(8-13-25)20-22-9-14-24(20)11-4-10-23(2)3/h5-6,9,14-15,17,26H,4,7-8,10-13H2,1-3H3. The second kappa shape index (κ2) is 8.57. The van der Waals surface area contributed by atoms with Gasteiger partial charge in [0.25, 0.3) is 5.91 Å². The number of hydrogen-bond acceptors (Lipinski definition) is 4. The lowest BCUT2D eigenvalue weighted by atomic mass is 9.95. The zero-order valence-electron chi connectivity index (χ0n) is 16.6. The molecule has 1 aromatic heterocycles. The topological polar surface area (TPSA) is 61.6 Å². The smallest absolute Gasteiger partial charge is 0.253 e. The van der Waals surface area contributed by atoms with E-state index >= 15 is 0 Å². The average Bonchev–Trinajstić information content (AvgIpc) is 3.12. The maximum atomic E-state index is 12.7. The Labute approximate surface area is 161 Å². The minimum absolute atomic E-state index is 0.00178. The predicted molar refractivity (Wildman–Crippen MR) is 106 cm³/mol. The highest BCUT2D eigenvalue weighted by Crippen LogP contribution is 2.28. The number of carbonyl (C=O) groups excluding carboxylic acids is 1. The summed E-state index contributed by atoms with van der Waals surface area (Å²) in [4.78, 5) is 21.4. The van der Waals surface area contributed by atoms with Crippen molar-refractivity contribution in [1.82, 2.24) is 19.4 Å². The van der Waals surface area contributed by atoms with Crippen LogP contribution in [0.5, 0.6) is 5.75 Å². The molecule has 0 saturated carbocycles. The first kappa shape index (κ1) is 19.4. The molecule has 0 aliphatic carbocycles. The summed E-state index contributed by atoms with van der Waals surface area (Å²) in [5.41, 5.74) is 1.34. The van der Waals surface area contributed by atoms with Gasteiger partial charge in [0.05, 0.1) is 0 Å². The Bertz CT molecular complexity index is 776. The Balaban J connectivity index is 1.58. The summed E-state index contributed by atoms with van der Waals surface area (Å²) in [6.45, 7) is 5.32. The summed E-state index contributed by atoms with van der Waals surface area (Å²) in [5.74, 6) is 1.72. The summed E-state index contributed by atoms with van der Waals surface area (Å²) in [7, 11) is 4.19. The quantitative estimate of drug-likeness (QED) is 0.849. The summed E-state index contributed by atoms with van der Waals surface area (Å²) in [6, 6.07) is 5.15. The molecule has 27 heavy (non-hydrogen) atoms. The number of carbonyl (C=O) groups is 1. The van der Waals surface area contributed by atoms with Gasteiger partial charge in [0.15, 0.2) is 0 Å². The monoisotopic (exact) mass is 370 g/mol. The highest BCUT2D eigenvalue weighted by molar-refractivity contribution is 5.94. The number of phenolic OH excluding ortho intramolecular Hbond substituents is 1. The van der Waals surface area contributed by atoms with E-state index in [1.807, 2.05) is 18.0 Å². The predicted octanol–water partition coefficient (Wildman–Crippen LogP) is 2.87. The fraction of sp³-hybridized carbons (Fsp3) is 0.524. The first-order chi connectivity index (χ1) is 13.0. The third-order valence-electron chi connectivity index (χ3n) is 5.36. The summed E-state index contributed by atoms with van der Waals surface area (Å²) < 4.78 is 2.27. The first-order valence-electron chi connectivity index (χ1n) is 9.70. The van der Waals surface area contributed by atoms with Crippen LogP contribution in [0.4, 0.5) is 0 Å². The molecule has 2 aromatic rings. The van der Waals surface area contributed by atoms with Crippen molar-refractivity contribution in [2.24, 2.45) is 0 Å². The number of hydrogen-bond donors (Lipinski definition) is 1. The molecule has 1 saturated heterocycles. The number of aromatic hydroxyl groups is 1.